The van der Waals surface area contributed by atoms with Crippen molar-refractivity contribution in [3.8, 4) is 34.1 Å². The van der Waals surface area contributed by atoms with Crippen LogP contribution in [0.2, 0.25) is 0 Å². The van der Waals surface area contributed by atoms with E-state index < -0.39 is 0 Å². The standard InChI is InChI=1S/C35H35N5O2S2/c1-3-5-6-10-21-42-29-17-13-26(14-18-29)33-36-35-40(38-33)34(41)31(44-35)23-27-24-39(28-11-8-7-9-12-28)37-32(27)25-15-19-30(20-16-25)43-22-4-2/h7-9,11-20,23-24H,3-6,10,21-22H2,1-2H3/b31-23-. The lowest BCUT2D eigenvalue weighted by atomic mass is 10.1. The van der Waals surface area contributed by atoms with Crippen LogP contribution < -0.4 is 14.8 Å². The second-order valence-corrected chi connectivity index (χ2v) is 12.7. The van der Waals surface area contributed by atoms with E-state index in [0.29, 0.717) is 21.9 Å². The molecule has 0 N–H and O–H groups in total. The summed E-state index contributed by atoms with van der Waals surface area (Å²) in [6, 6.07) is 26.2. The Hall–Kier alpha value is -4.21. The summed E-state index contributed by atoms with van der Waals surface area (Å²) in [7, 11) is 0. The van der Waals surface area contributed by atoms with Crippen LogP contribution in [0, 0.1) is 0 Å². The summed E-state index contributed by atoms with van der Waals surface area (Å²) in [5.74, 6) is 2.43. The van der Waals surface area contributed by atoms with Crippen molar-refractivity contribution < 1.29 is 4.74 Å². The van der Waals surface area contributed by atoms with Gasteiger partial charge in [0, 0.05) is 27.8 Å². The van der Waals surface area contributed by atoms with Crippen LogP contribution in [0.4, 0.5) is 0 Å². The molecule has 6 aromatic rings. The number of hydrogen-bond donors (Lipinski definition) is 0. The van der Waals surface area contributed by atoms with Gasteiger partial charge in [-0.05, 0) is 73.2 Å². The molecule has 44 heavy (non-hydrogen) atoms. The lowest BCUT2D eigenvalue weighted by Gasteiger charge is -2.06. The lowest BCUT2D eigenvalue weighted by Crippen LogP contribution is -2.23. The van der Waals surface area contributed by atoms with E-state index >= 15 is 0 Å². The minimum absolute atomic E-state index is 0.194. The molecule has 9 heteroatoms. The third kappa shape index (κ3) is 6.79. The minimum atomic E-state index is -0.194. The molecule has 0 aliphatic carbocycles. The van der Waals surface area contributed by atoms with Crippen molar-refractivity contribution in [2.24, 2.45) is 0 Å². The van der Waals surface area contributed by atoms with Crippen molar-refractivity contribution in [2.75, 3.05) is 12.4 Å². The molecule has 0 aliphatic rings. The normalized spacial score (nSPS) is 11.9. The second kappa shape index (κ2) is 14.1. The zero-order chi connectivity index (χ0) is 30.3. The average Bonchev–Trinajstić information content (AvgIpc) is 3.76. The summed E-state index contributed by atoms with van der Waals surface area (Å²) in [6.07, 6.45) is 9.68. The predicted molar refractivity (Wildman–Crippen MR) is 181 cm³/mol. The molecule has 0 fully saturated rings. The number of fused-ring (bicyclic) bond motifs is 1. The van der Waals surface area contributed by atoms with Gasteiger partial charge in [0.1, 0.15) is 5.75 Å². The van der Waals surface area contributed by atoms with Crippen LogP contribution >= 0.6 is 23.1 Å². The maximum Gasteiger partial charge on any atom is 0.291 e. The van der Waals surface area contributed by atoms with E-state index in [2.05, 4.69) is 48.2 Å². The number of unbranched alkanes of at least 4 members (excludes halogenated alkanes) is 3. The first-order chi connectivity index (χ1) is 21.6. The van der Waals surface area contributed by atoms with E-state index in [4.69, 9.17) is 9.84 Å². The largest absolute Gasteiger partial charge is 0.494 e. The first-order valence-corrected chi connectivity index (χ1v) is 17.0. The van der Waals surface area contributed by atoms with E-state index in [1.54, 1.807) is 0 Å². The van der Waals surface area contributed by atoms with Crippen molar-refractivity contribution in [3.63, 3.8) is 0 Å². The van der Waals surface area contributed by atoms with Gasteiger partial charge in [-0.3, -0.25) is 4.79 Å². The van der Waals surface area contributed by atoms with Gasteiger partial charge in [0.15, 0.2) is 5.82 Å². The molecule has 3 heterocycles. The maximum atomic E-state index is 13.5. The molecule has 0 radical (unpaired) electrons. The third-order valence-electron chi connectivity index (χ3n) is 7.21. The number of thiazole rings is 1. The van der Waals surface area contributed by atoms with E-state index in [9.17, 15) is 4.79 Å². The molecule has 3 aromatic heterocycles. The van der Waals surface area contributed by atoms with E-state index in [-0.39, 0.29) is 5.56 Å². The Morgan fingerprint density at radius 2 is 1.64 bits per heavy atom. The summed E-state index contributed by atoms with van der Waals surface area (Å²) >= 11 is 3.18. The van der Waals surface area contributed by atoms with Gasteiger partial charge in [-0.2, -0.15) is 14.6 Å². The molecule has 0 saturated heterocycles. The first-order valence-electron chi connectivity index (χ1n) is 15.2. The topological polar surface area (TPSA) is 74.3 Å². The Morgan fingerprint density at radius 3 is 2.36 bits per heavy atom. The quantitative estimate of drug-likeness (QED) is 0.0973. The number of rotatable bonds is 13. The molecule has 0 unspecified atom stereocenters. The average molecular weight is 622 g/mol. The van der Waals surface area contributed by atoms with Gasteiger partial charge in [-0.1, -0.05) is 74.8 Å². The SMILES string of the molecule is CCCCCCOc1ccc(-c2nc3s/c(=C\c4cn(-c5ccccc5)nc4-c4ccc(SCCC)cc4)c(=O)n3n2)cc1. The van der Waals surface area contributed by atoms with E-state index in [1.165, 1.54) is 40.0 Å². The number of nitrogens with zero attached hydrogens (tertiary/aromatic N) is 5. The highest BCUT2D eigenvalue weighted by Crippen LogP contribution is 2.28. The lowest BCUT2D eigenvalue weighted by molar-refractivity contribution is 0.305. The van der Waals surface area contributed by atoms with Gasteiger partial charge in [0.2, 0.25) is 4.96 Å². The molecule has 224 valence electrons. The van der Waals surface area contributed by atoms with Gasteiger partial charge >= 0.3 is 0 Å². The summed E-state index contributed by atoms with van der Waals surface area (Å²) in [5, 5.41) is 9.49. The van der Waals surface area contributed by atoms with Crippen LogP contribution in [-0.2, 0) is 0 Å². The number of para-hydroxylation sites is 1. The highest BCUT2D eigenvalue weighted by Gasteiger charge is 2.15. The van der Waals surface area contributed by atoms with Crippen molar-refractivity contribution in [1.82, 2.24) is 24.4 Å². The summed E-state index contributed by atoms with van der Waals surface area (Å²) in [5.41, 5.74) is 4.26. The fraction of sp³-hybridized carbons (Fsp3) is 0.257. The van der Waals surface area contributed by atoms with Crippen molar-refractivity contribution >= 4 is 34.1 Å². The molecule has 3 aromatic carbocycles. The Morgan fingerprint density at radius 1 is 0.864 bits per heavy atom. The van der Waals surface area contributed by atoms with Crippen molar-refractivity contribution in [2.45, 2.75) is 50.8 Å². The van der Waals surface area contributed by atoms with Gasteiger partial charge in [-0.25, -0.2) is 4.68 Å². The molecule has 7 nitrogen and oxygen atoms in total. The molecular formula is C35H35N5O2S2. The first kappa shape index (κ1) is 29.8. The highest BCUT2D eigenvalue weighted by molar-refractivity contribution is 7.99. The van der Waals surface area contributed by atoms with Crippen LogP contribution in [0.3, 0.4) is 0 Å². The molecule has 0 amide bonds. The van der Waals surface area contributed by atoms with Crippen LogP contribution in [0.15, 0.2) is 94.7 Å². The minimum Gasteiger partial charge on any atom is -0.494 e. The van der Waals surface area contributed by atoms with Crippen LogP contribution in [0.1, 0.15) is 51.5 Å². The van der Waals surface area contributed by atoms with Crippen LogP contribution in [0.25, 0.3) is 39.4 Å². The van der Waals surface area contributed by atoms with E-state index in [1.807, 2.05) is 83.3 Å². The van der Waals surface area contributed by atoms with Gasteiger partial charge in [-0.15, -0.1) is 16.9 Å². The van der Waals surface area contributed by atoms with Gasteiger partial charge < -0.3 is 4.74 Å². The van der Waals surface area contributed by atoms with Gasteiger partial charge in [0.25, 0.3) is 5.56 Å². The maximum absolute atomic E-state index is 13.5. The predicted octanol–water partition coefficient (Wildman–Crippen LogP) is 7.68. The Bertz CT molecular complexity index is 1930. The highest BCUT2D eigenvalue weighted by atomic mass is 32.2. The second-order valence-electron chi connectivity index (χ2n) is 10.6. The number of ether oxygens (including phenoxy) is 1. The Balaban J connectivity index is 1.29. The molecule has 0 saturated carbocycles. The monoisotopic (exact) mass is 621 g/mol. The molecule has 0 aliphatic heterocycles. The Labute approximate surface area is 265 Å². The number of hydrogen-bond acceptors (Lipinski definition) is 7. The molecule has 6 rings (SSSR count). The van der Waals surface area contributed by atoms with Crippen LogP contribution in [-0.4, -0.2) is 36.7 Å². The third-order valence-corrected chi connectivity index (χ3v) is 9.39. The van der Waals surface area contributed by atoms with Gasteiger partial charge in [0.05, 0.1) is 22.5 Å². The van der Waals surface area contributed by atoms with Crippen molar-refractivity contribution in [1.29, 1.82) is 0 Å². The summed E-state index contributed by atoms with van der Waals surface area (Å²) in [6.45, 7) is 5.10. The van der Waals surface area contributed by atoms with E-state index in [0.717, 1.165) is 52.4 Å². The number of aromatic nitrogens is 5. The number of benzene rings is 3. The molecule has 0 atom stereocenters. The van der Waals surface area contributed by atoms with Crippen LogP contribution in [0.5, 0.6) is 5.75 Å². The fourth-order valence-corrected chi connectivity index (χ4v) is 6.54. The molecule has 0 bridgehead atoms. The molecule has 0 spiro atoms. The smallest absolute Gasteiger partial charge is 0.291 e. The van der Waals surface area contributed by atoms with Crippen molar-refractivity contribution in [3.05, 3.63) is 106 Å². The Kier molecular flexibility index (Phi) is 9.53. The molecular weight excluding hydrogens is 587 g/mol. The zero-order valence-electron chi connectivity index (χ0n) is 25.0. The zero-order valence-corrected chi connectivity index (χ0v) is 26.6. The summed E-state index contributed by atoms with van der Waals surface area (Å²) in [4.78, 5) is 20.0. The summed E-state index contributed by atoms with van der Waals surface area (Å²) < 4.78 is 9.68. The number of thioether (sulfide) groups is 1. The fourth-order valence-electron chi connectivity index (χ4n) is 4.88.